The largest absolute Gasteiger partial charge is 0.371 e. The summed E-state index contributed by atoms with van der Waals surface area (Å²) in [4.78, 5) is 9.38. The Kier molecular flexibility index (Phi) is 6.11. The van der Waals surface area contributed by atoms with Gasteiger partial charge >= 0.3 is 0 Å². The first-order valence-electron chi connectivity index (χ1n) is 9.90. The minimum atomic E-state index is 0. The van der Waals surface area contributed by atoms with E-state index < -0.39 is 0 Å². The van der Waals surface area contributed by atoms with Crippen LogP contribution in [0.2, 0.25) is 0 Å². The summed E-state index contributed by atoms with van der Waals surface area (Å²) in [6, 6.07) is 14.2. The fourth-order valence-electron chi connectivity index (χ4n) is 3.86. The van der Waals surface area contributed by atoms with Crippen LogP contribution >= 0.6 is 0 Å². The first-order chi connectivity index (χ1) is 13.4. The van der Waals surface area contributed by atoms with E-state index in [4.69, 9.17) is 4.98 Å². The number of aryl methyl sites for hydroxylation is 2. The standard InChI is InChI=1S/C24H27N4.Ir/c1-15(2)19-8-7-9-20(16(3)4)23(19)28-13-12-25-24(28)18-10-11-22-21(14-18)26-17(5)27(22)6;/h7-9,11-16H,1-6H3;/q-1;. The van der Waals surface area contributed by atoms with Gasteiger partial charge < -0.3 is 9.13 Å². The third-order valence-electron chi connectivity index (χ3n) is 5.50. The van der Waals surface area contributed by atoms with Crippen molar-refractivity contribution in [1.29, 1.82) is 0 Å². The Morgan fingerprint density at radius 3 is 2.31 bits per heavy atom. The average Bonchev–Trinajstić information content (AvgIpc) is 3.25. The number of nitrogens with zero attached hydrogens (tertiary/aromatic N) is 4. The number of hydrogen-bond donors (Lipinski definition) is 0. The van der Waals surface area contributed by atoms with Crippen LogP contribution in [0.5, 0.6) is 0 Å². The van der Waals surface area contributed by atoms with Crippen LogP contribution in [-0.4, -0.2) is 19.1 Å². The number of aromatic nitrogens is 4. The molecule has 0 atom stereocenters. The molecule has 4 nitrogen and oxygen atoms in total. The van der Waals surface area contributed by atoms with Gasteiger partial charge in [-0.2, -0.15) is 0 Å². The summed E-state index contributed by atoms with van der Waals surface area (Å²) in [6.45, 7) is 11.0. The Hall–Kier alpha value is -2.23. The molecule has 0 aliphatic heterocycles. The van der Waals surface area contributed by atoms with Crippen LogP contribution in [-0.2, 0) is 27.2 Å². The Labute approximate surface area is 186 Å². The van der Waals surface area contributed by atoms with Gasteiger partial charge in [0, 0.05) is 50.8 Å². The van der Waals surface area contributed by atoms with Crippen LogP contribution in [0.1, 0.15) is 56.5 Å². The second-order valence-electron chi connectivity index (χ2n) is 8.05. The van der Waals surface area contributed by atoms with E-state index in [2.05, 4.69) is 78.3 Å². The van der Waals surface area contributed by atoms with Gasteiger partial charge in [0.25, 0.3) is 0 Å². The van der Waals surface area contributed by atoms with E-state index in [0.717, 1.165) is 28.2 Å². The normalized spacial score (nSPS) is 11.4. The molecule has 2 aromatic heterocycles. The molecule has 2 aromatic carbocycles. The van der Waals surface area contributed by atoms with E-state index in [0.29, 0.717) is 11.8 Å². The quantitative estimate of drug-likeness (QED) is 0.295. The van der Waals surface area contributed by atoms with E-state index in [1.54, 1.807) is 0 Å². The monoisotopic (exact) mass is 564 g/mol. The smallest absolute Gasteiger partial charge is 0.0957 e. The van der Waals surface area contributed by atoms with Gasteiger partial charge in [0.2, 0.25) is 0 Å². The zero-order valence-corrected chi connectivity index (χ0v) is 20.2. The maximum Gasteiger partial charge on any atom is 0.0957 e. The van der Waals surface area contributed by atoms with Crippen LogP contribution in [0.4, 0.5) is 0 Å². The maximum atomic E-state index is 4.70. The Bertz CT molecular complexity index is 1120. The van der Waals surface area contributed by atoms with E-state index in [9.17, 15) is 0 Å². The van der Waals surface area contributed by atoms with E-state index >= 15 is 0 Å². The molecule has 153 valence electrons. The molecule has 0 unspecified atom stereocenters. The minimum absolute atomic E-state index is 0. The molecule has 0 bridgehead atoms. The molecular weight excluding hydrogens is 537 g/mol. The van der Waals surface area contributed by atoms with E-state index in [-0.39, 0.29) is 20.1 Å². The summed E-state index contributed by atoms with van der Waals surface area (Å²) in [5.41, 5.74) is 6.93. The van der Waals surface area contributed by atoms with Crippen molar-refractivity contribution in [3.05, 3.63) is 65.7 Å². The van der Waals surface area contributed by atoms with Crippen molar-refractivity contribution in [3.8, 4) is 17.1 Å². The fraction of sp³-hybridized carbons (Fsp3) is 0.333. The SMILES string of the molecule is Cc1nc2cc(-c3nccn3-c3c(C(C)C)cccc3C(C)C)[c-]cc2n1C.[Ir]. The molecule has 0 amide bonds. The molecule has 0 fully saturated rings. The molecule has 0 saturated carbocycles. The van der Waals surface area contributed by atoms with Gasteiger partial charge in [-0.1, -0.05) is 45.9 Å². The zero-order valence-electron chi connectivity index (χ0n) is 17.8. The molecule has 4 aromatic rings. The van der Waals surface area contributed by atoms with Gasteiger partial charge in [-0.05, 0) is 35.4 Å². The number of hydrogen-bond acceptors (Lipinski definition) is 2. The second-order valence-corrected chi connectivity index (χ2v) is 8.05. The zero-order chi connectivity index (χ0) is 20.0. The van der Waals surface area contributed by atoms with Crippen molar-refractivity contribution in [2.45, 2.75) is 46.5 Å². The molecule has 2 heterocycles. The van der Waals surface area contributed by atoms with Crippen LogP contribution in [0, 0.1) is 13.0 Å². The summed E-state index contributed by atoms with van der Waals surface area (Å²) < 4.78 is 4.31. The van der Waals surface area contributed by atoms with Gasteiger partial charge in [0.15, 0.2) is 0 Å². The number of fused-ring (bicyclic) bond motifs is 1. The Morgan fingerprint density at radius 1 is 1.03 bits per heavy atom. The average molecular weight is 564 g/mol. The van der Waals surface area contributed by atoms with Gasteiger partial charge in [0.1, 0.15) is 0 Å². The first-order valence-corrected chi connectivity index (χ1v) is 9.90. The van der Waals surface area contributed by atoms with Crippen molar-refractivity contribution in [2.24, 2.45) is 7.05 Å². The number of imidazole rings is 2. The van der Waals surface area contributed by atoms with Crippen molar-refractivity contribution in [1.82, 2.24) is 19.1 Å². The van der Waals surface area contributed by atoms with Gasteiger partial charge in [-0.15, -0.1) is 23.8 Å². The summed E-state index contributed by atoms with van der Waals surface area (Å²) in [5, 5.41) is 0. The van der Waals surface area contributed by atoms with Crippen molar-refractivity contribution in [3.63, 3.8) is 0 Å². The minimum Gasteiger partial charge on any atom is -0.371 e. The van der Waals surface area contributed by atoms with Crippen molar-refractivity contribution < 1.29 is 20.1 Å². The summed E-state index contributed by atoms with van der Waals surface area (Å²) in [5.74, 6) is 2.75. The molecule has 5 heteroatoms. The molecule has 1 radical (unpaired) electrons. The van der Waals surface area contributed by atoms with E-state index in [1.165, 1.54) is 16.8 Å². The summed E-state index contributed by atoms with van der Waals surface area (Å²) >= 11 is 0. The van der Waals surface area contributed by atoms with Crippen LogP contribution in [0.3, 0.4) is 0 Å². The third kappa shape index (κ3) is 3.70. The molecule has 0 spiro atoms. The van der Waals surface area contributed by atoms with Crippen molar-refractivity contribution >= 4 is 11.0 Å². The predicted octanol–water partition coefficient (Wildman–Crippen LogP) is 5.78. The van der Waals surface area contributed by atoms with Crippen LogP contribution < -0.4 is 0 Å². The summed E-state index contributed by atoms with van der Waals surface area (Å²) in [7, 11) is 2.03. The number of para-hydroxylation sites is 1. The third-order valence-corrected chi connectivity index (χ3v) is 5.50. The number of benzene rings is 2. The summed E-state index contributed by atoms with van der Waals surface area (Å²) in [6.07, 6.45) is 3.93. The Morgan fingerprint density at radius 2 is 1.69 bits per heavy atom. The molecule has 0 N–H and O–H groups in total. The molecular formula is C24H27IrN4-. The fourth-order valence-corrected chi connectivity index (χ4v) is 3.86. The molecule has 0 aliphatic carbocycles. The van der Waals surface area contributed by atoms with Gasteiger partial charge in [-0.25, -0.2) is 0 Å². The topological polar surface area (TPSA) is 35.6 Å². The molecule has 4 rings (SSSR count). The first kappa shape index (κ1) is 21.5. The maximum absolute atomic E-state index is 4.70. The Balaban J connectivity index is 0.00000240. The van der Waals surface area contributed by atoms with Crippen molar-refractivity contribution in [2.75, 3.05) is 0 Å². The van der Waals surface area contributed by atoms with Gasteiger partial charge in [0.05, 0.1) is 11.6 Å². The molecule has 0 saturated heterocycles. The predicted molar refractivity (Wildman–Crippen MR) is 115 cm³/mol. The van der Waals surface area contributed by atoms with E-state index in [1.807, 2.05) is 26.2 Å². The molecule has 0 aliphatic rings. The van der Waals surface area contributed by atoms with Crippen LogP contribution in [0.15, 0.2) is 42.7 Å². The van der Waals surface area contributed by atoms with Gasteiger partial charge in [-0.3, -0.25) is 9.97 Å². The van der Waals surface area contributed by atoms with Crippen LogP contribution in [0.25, 0.3) is 28.1 Å². The molecule has 29 heavy (non-hydrogen) atoms. The number of rotatable bonds is 4. The second kappa shape index (κ2) is 8.25.